The SMILES string of the molecule is N#Cc1ccc(-n2c3ccc4c5ccc6c(c7ccccc7n6-c6ccccc6)c5n(-c5ccccc5)c4c3c3cccc(C#N)c32)cc1. The Morgan fingerprint density at radius 1 is 0.347 bits per heavy atom. The lowest BCUT2D eigenvalue weighted by molar-refractivity contribution is 1.17. The van der Waals surface area contributed by atoms with Crippen LogP contribution in [0.25, 0.3) is 82.5 Å². The minimum absolute atomic E-state index is 0.593. The molecule has 10 rings (SSSR count). The molecule has 226 valence electrons. The Balaban J connectivity index is 1.47. The van der Waals surface area contributed by atoms with E-state index >= 15 is 0 Å². The van der Waals surface area contributed by atoms with Crippen molar-refractivity contribution in [3.05, 3.63) is 163 Å². The zero-order valence-corrected chi connectivity index (χ0v) is 26.2. The summed E-state index contributed by atoms with van der Waals surface area (Å²) in [5.41, 5.74) is 10.7. The molecule has 0 saturated heterocycles. The van der Waals surface area contributed by atoms with Gasteiger partial charge in [0, 0.05) is 49.4 Å². The van der Waals surface area contributed by atoms with Crippen LogP contribution in [0.15, 0.2) is 152 Å². The Hall–Kier alpha value is -7.08. The number of para-hydroxylation sites is 4. The second-order valence-corrected chi connectivity index (χ2v) is 12.4. The first kappa shape index (κ1) is 27.1. The molecule has 0 aliphatic heterocycles. The van der Waals surface area contributed by atoms with Crippen molar-refractivity contribution in [3.8, 4) is 29.2 Å². The lowest BCUT2D eigenvalue weighted by Gasteiger charge is -2.11. The molecule has 0 radical (unpaired) electrons. The van der Waals surface area contributed by atoms with Crippen molar-refractivity contribution < 1.29 is 0 Å². The van der Waals surface area contributed by atoms with E-state index in [1.165, 1.54) is 16.2 Å². The highest BCUT2D eigenvalue weighted by Gasteiger charge is 2.25. The Kier molecular flexibility index (Phi) is 5.64. The first-order valence-corrected chi connectivity index (χ1v) is 16.2. The van der Waals surface area contributed by atoms with Crippen LogP contribution in [0.3, 0.4) is 0 Å². The van der Waals surface area contributed by atoms with Gasteiger partial charge in [-0.1, -0.05) is 78.9 Å². The van der Waals surface area contributed by atoms with E-state index in [0.717, 1.165) is 66.3 Å². The topological polar surface area (TPSA) is 62.4 Å². The summed E-state index contributed by atoms with van der Waals surface area (Å²) < 4.78 is 6.97. The fraction of sp³-hybridized carbons (Fsp3) is 0. The summed E-state index contributed by atoms with van der Waals surface area (Å²) in [6.07, 6.45) is 0. The van der Waals surface area contributed by atoms with Crippen molar-refractivity contribution in [2.75, 3.05) is 0 Å². The molecule has 7 aromatic carbocycles. The van der Waals surface area contributed by atoms with Gasteiger partial charge >= 0.3 is 0 Å². The van der Waals surface area contributed by atoms with E-state index in [0.29, 0.717) is 11.1 Å². The molecular formula is C44H25N5. The maximum atomic E-state index is 10.4. The van der Waals surface area contributed by atoms with Crippen molar-refractivity contribution in [1.82, 2.24) is 13.7 Å². The van der Waals surface area contributed by atoms with Crippen molar-refractivity contribution >= 4 is 65.4 Å². The van der Waals surface area contributed by atoms with Gasteiger partial charge in [0.25, 0.3) is 0 Å². The molecule has 0 N–H and O–H groups in total. The summed E-state index contributed by atoms with van der Waals surface area (Å²) >= 11 is 0. The second-order valence-electron chi connectivity index (χ2n) is 12.4. The number of aromatic nitrogens is 3. The third-order valence-electron chi connectivity index (χ3n) is 9.88. The standard InChI is InChI=1S/C44H25N5/c45-26-28-18-20-32(21-19-28)48-39-25-23-34-33-22-24-38-40(35-15-7-8-17-37(35)47(38)30-11-3-1-4-12-30)43(33)49(31-13-5-2-6-14-31)44(34)41(39)36-16-9-10-29(27-46)42(36)48/h1-25H. The smallest absolute Gasteiger partial charge is 0.101 e. The predicted octanol–water partition coefficient (Wildman–Crippen LogP) is 10.7. The molecule has 0 amide bonds. The van der Waals surface area contributed by atoms with E-state index in [1.54, 1.807) is 0 Å². The summed E-state index contributed by atoms with van der Waals surface area (Å²) in [5.74, 6) is 0. The van der Waals surface area contributed by atoms with Gasteiger partial charge in [-0.3, -0.25) is 0 Å². The van der Waals surface area contributed by atoms with Crippen LogP contribution in [0.2, 0.25) is 0 Å². The van der Waals surface area contributed by atoms with E-state index < -0.39 is 0 Å². The molecule has 3 heterocycles. The predicted molar refractivity (Wildman–Crippen MR) is 199 cm³/mol. The molecule has 0 fully saturated rings. The maximum Gasteiger partial charge on any atom is 0.101 e. The number of nitriles is 2. The Morgan fingerprint density at radius 3 is 1.55 bits per heavy atom. The molecule has 0 aliphatic carbocycles. The number of rotatable bonds is 3. The van der Waals surface area contributed by atoms with Gasteiger partial charge in [0.05, 0.1) is 50.3 Å². The van der Waals surface area contributed by atoms with E-state index in [1.807, 2.05) is 36.4 Å². The number of hydrogen-bond donors (Lipinski definition) is 0. The summed E-state index contributed by atoms with van der Waals surface area (Å²) in [4.78, 5) is 0. The summed E-state index contributed by atoms with van der Waals surface area (Å²) in [6.45, 7) is 0. The number of benzene rings is 7. The molecule has 0 bridgehead atoms. The van der Waals surface area contributed by atoms with E-state index in [2.05, 4.69) is 141 Å². The average Bonchev–Trinajstić information content (AvgIpc) is 3.81. The van der Waals surface area contributed by atoms with Gasteiger partial charge in [-0.05, 0) is 72.8 Å². The van der Waals surface area contributed by atoms with Crippen LogP contribution in [0.1, 0.15) is 11.1 Å². The van der Waals surface area contributed by atoms with Gasteiger partial charge in [-0.15, -0.1) is 0 Å². The highest BCUT2D eigenvalue weighted by Crippen LogP contribution is 2.46. The summed E-state index contributed by atoms with van der Waals surface area (Å²) in [7, 11) is 0. The first-order chi connectivity index (χ1) is 24.3. The van der Waals surface area contributed by atoms with Gasteiger partial charge < -0.3 is 13.7 Å². The fourth-order valence-corrected chi connectivity index (χ4v) is 7.93. The number of hydrogen-bond acceptors (Lipinski definition) is 2. The third kappa shape index (κ3) is 3.67. The lowest BCUT2D eigenvalue weighted by atomic mass is 10.1. The van der Waals surface area contributed by atoms with Crippen LogP contribution in [-0.4, -0.2) is 13.7 Å². The molecule has 0 unspecified atom stereocenters. The average molecular weight is 624 g/mol. The van der Waals surface area contributed by atoms with E-state index in [-0.39, 0.29) is 0 Å². The number of fused-ring (bicyclic) bond motifs is 11. The molecule has 0 saturated carbocycles. The number of nitrogens with zero attached hydrogens (tertiary/aromatic N) is 5. The zero-order valence-electron chi connectivity index (χ0n) is 26.2. The van der Waals surface area contributed by atoms with Gasteiger partial charge in [-0.25, -0.2) is 0 Å². The van der Waals surface area contributed by atoms with Crippen LogP contribution >= 0.6 is 0 Å². The van der Waals surface area contributed by atoms with Crippen LogP contribution in [0.4, 0.5) is 0 Å². The highest BCUT2D eigenvalue weighted by atomic mass is 15.0. The molecule has 49 heavy (non-hydrogen) atoms. The monoisotopic (exact) mass is 623 g/mol. The first-order valence-electron chi connectivity index (χ1n) is 16.2. The van der Waals surface area contributed by atoms with E-state index in [9.17, 15) is 10.5 Å². The van der Waals surface area contributed by atoms with Crippen LogP contribution < -0.4 is 0 Å². The maximum absolute atomic E-state index is 10.4. The Morgan fingerprint density at radius 2 is 0.898 bits per heavy atom. The van der Waals surface area contributed by atoms with Gasteiger partial charge in [0.2, 0.25) is 0 Å². The van der Waals surface area contributed by atoms with Crippen LogP contribution in [-0.2, 0) is 0 Å². The van der Waals surface area contributed by atoms with Crippen LogP contribution in [0, 0.1) is 22.7 Å². The van der Waals surface area contributed by atoms with Crippen LogP contribution in [0.5, 0.6) is 0 Å². The normalized spacial score (nSPS) is 11.6. The lowest BCUT2D eigenvalue weighted by Crippen LogP contribution is -1.96. The molecular weight excluding hydrogens is 599 g/mol. The van der Waals surface area contributed by atoms with E-state index in [4.69, 9.17) is 0 Å². The van der Waals surface area contributed by atoms with Crippen molar-refractivity contribution in [3.63, 3.8) is 0 Å². The van der Waals surface area contributed by atoms with Crippen molar-refractivity contribution in [2.24, 2.45) is 0 Å². The molecule has 5 heteroatoms. The third-order valence-corrected chi connectivity index (χ3v) is 9.88. The molecule has 3 aromatic heterocycles. The molecule has 10 aromatic rings. The van der Waals surface area contributed by atoms with Crippen molar-refractivity contribution in [2.45, 2.75) is 0 Å². The zero-order chi connectivity index (χ0) is 32.6. The molecule has 0 atom stereocenters. The molecule has 0 spiro atoms. The molecule has 5 nitrogen and oxygen atoms in total. The van der Waals surface area contributed by atoms with Gasteiger partial charge in [0.1, 0.15) is 6.07 Å². The Bertz CT molecular complexity index is 3040. The van der Waals surface area contributed by atoms with Crippen molar-refractivity contribution in [1.29, 1.82) is 10.5 Å². The van der Waals surface area contributed by atoms with Gasteiger partial charge in [0.15, 0.2) is 0 Å². The molecule has 0 aliphatic rings. The highest BCUT2D eigenvalue weighted by molar-refractivity contribution is 6.31. The Labute approximate surface area is 280 Å². The quantitative estimate of drug-likeness (QED) is 0.197. The van der Waals surface area contributed by atoms with Gasteiger partial charge in [-0.2, -0.15) is 10.5 Å². The minimum atomic E-state index is 0.593. The largest absolute Gasteiger partial charge is 0.309 e. The minimum Gasteiger partial charge on any atom is -0.309 e. The summed E-state index contributed by atoms with van der Waals surface area (Å²) in [6, 6.07) is 57.0. The summed E-state index contributed by atoms with van der Waals surface area (Å²) in [5, 5.41) is 26.7. The second kappa shape index (κ2) is 10.2. The fourth-order valence-electron chi connectivity index (χ4n) is 7.93.